The molecule has 0 radical (unpaired) electrons. The summed E-state index contributed by atoms with van der Waals surface area (Å²) in [6, 6.07) is 8.19. The number of para-hydroxylation sites is 1. The lowest BCUT2D eigenvalue weighted by Gasteiger charge is -2.22. The minimum Gasteiger partial charge on any atom is -0.356 e. The van der Waals surface area contributed by atoms with Gasteiger partial charge in [0.2, 0.25) is 5.95 Å². The fourth-order valence-corrected chi connectivity index (χ4v) is 5.00. The van der Waals surface area contributed by atoms with Gasteiger partial charge in [-0.15, -0.1) is 0 Å². The Morgan fingerprint density at radius 2 is 1.63 bits per heavy atom. The van der Waals surface area contributed by atoms with Crippen molar-refractivity contribution in [2.45, 2.75) is 32.2 Å². The molecule has 4 heterocycles. The summed E-state index contributed by atoms with van der Waals surface area (Å²) in [6.45, 7) is 4.44. The predicted molar refractivity (Wildman–Crippen MR) is 119 cm³/mol. The van der Waals surface area contributed by atoms with Crippen LogP contribution < -0.4 is 9.80 Å². The lowest BCUT2D eigenvalue weighted by atomic mass is 10.2. The largest absolute Gasteiger partial charge is 0.356 e. The Morgan fingerprint density at radius 3 is 2.33 bits per heavy atom. The van der Waals surface area contributed by atoms with Gasteiger partial charge in [0, 0.05) is 38.1 Å². The van der Waals surface area contributed by atoms with Crippen molar-refractivity contribution in [2.75, 3.05) is 48.8 Å². The van der Waals surface area contributed by atoms with Crippen LogP contribution in [0, 0.1) is 0 Å². The zero-order chi connectivity index (χ0) is 20.7. The highest BCUT2D eigenvalue weighted by molar-refractivity contribution is 7.85. The molecule has 0 saturated carbocycles. The summed E-state index contributed by atoms with van der Waals surface area (Å²) >= 11 is 0. The maximum Gasteiger partial charge on any atom is 0.264 e. The van der Waals surface area contributed by atoms with E-state index in [1.54, 1.807) is 0 Å². The fraction of sp³-hybridized carbons (Fsp3) is 0.524. The first-order chi connectivity index (χ1) is 14.5. The summed E-state index contributed by atoms with van der Waals surface area (Å²) < 4.78 is 30.1. The Balaban J connectivity index is 1.70. The van der Waals surface area contributed by atoms with E-state index in [1.807, 2.05) is 12.1 Å². The monoisotopic (exact) mass is 429 g/mol. The van der Waals surface area contributed by atoms with Gasteiger partial charge >= 0.3 is 0 Å². The van der Waals surface area contributed by atoms with Crippen LogP contribution in [0.1, 0.15) is 25.7 Å². The van der Waals surface area contributed by atoms with Crippen LogP contribution in [0.4, 0.5) is 11.8 Å². The number of fused-ring (bicyclic) bond motifs is 3. The van der Waals surface area contributed by atoms with E-state index in [0.717, 1.165) is 79.0 Å². The van der Waals surface area contributed by atoms with Crippen LogP contribution in [-0.4, -0.2) is 62.0 Å². The van der Waals surface area contributed by atoms with E-state index in [2.05, 4.69) is 26.5 Å². The molecule has 0 N–H and O–H groups in total. The van der Waals surface area contributed by atoms with E-state index in [1.165, 1.54) is 12.8 Å². The van der Waals surface area contributed by atoms with Gasteiger partial charge in [-0.2, -0.15) is 18.4 Å². The molecular weight excluding hydrogens is 402 g/mol. The van der Waals surface area contributed by atoms with Gasteiger partial charge in [-0.25, -0.2) is 0 Å². The second-order valence-corrected chi connectivity index (χ2v) is 9.77. The lowest BCUT2D eigenvalue weighted by molar-refractivity contribution is 0.307. The van der Waals surface area contributed by atoms with Crippen LogP contribution >= 0.6 is 0 Å². The Morgan fingerprint density at radius 1 is 0.967 bits per heavy atom. The number of benzene rings is 1. The van der Waals surface area contributed by atoms with Crippen molar-refractivity contribution in [1.82, 2.24) is 14.5 Å². The van der Waals surface area contributed by atoms with E-state index in [-0.39, 0.29) is 6.61 Å². The van der Waals surface area contributed by atoms with Crippen molar-refractivity contribution in [2.24, 2.45) is 0 Å². The molecule has 9 heteroatoms. The summed E-state index contributed by atoms with van der Waals surface area (Å²) in [6.07, 6.45) is 5.74. The number of anilines is 2. The molecule has 2 aliphatic rings. The van der Waals surface area contributed by atoms with E-state index >= 15 is 0 Å². The average Bonchev–Trinajstić information content (AvgIpc) is 3.48. The molecule has 30 heavy (non-hydrogen) atoms. The van der Waals surface area contributed by atoms with Crippen molar-refractivity contribution < 1.29 is 12.6 Å². The van der Waals surface area contributed by atoms with E-state index in [4.69, 9.17) is 14.2 Å². The Hall–Kier alpha value is -2.39. The zero-order valence-corrected chi connectivity index (χ0v) is 18.1. The highest BCUT2D eigenvalue weighted by atomic mass is 32.2. The summed E-state index contributed by atoms with van der Waals surface area (Å²) in [5.41, 5.74) is 1.88. The maximum absolute atomic E-state index is 11.5. The topological polar surface area (TPSA) is 80.6 Å². The number of nitrogens with zero attached hydrogens (tertiary/aromatic N) is 5. The summed E-state index contributed by atoms with van der Waals surface area (Å²) in [5, 5.41) is 2.15. The third-order valence-electron chi connectivity index (χ3n) is 5.99. The fourth-order valence-electron chi connectivity index (χ4n) is 4.62. The average molecular weight is 430 g/mol. The normalized spacial score (nSPS) is 17.6. The first-order valence-electron chi connectivity index (χ1n) is 10.6. The molecule has 0 aliphatic carbocycles. The molecule has 2 aliphatic heterocycles. The van der Waals surface area contributed by atoms with Crippen LogP contribution in [0.15, 0.2) is 24.3 Å². The van der Waals surface area contributed by atoms with Crippen molar-refractivity contribution in [1.29, 1.82) is 0 Å². The molecule has 0 spiro atoms. The molecule has 3 aromatic rings. The first-order valence-corrected chi connectivity index (χ1v) is 12.5. The van der Waals surface area contributed by atoms with E-state index < -0.39 is 10.1 Å². The maximum atomic E-state index is 11.5. The molecule has 5 rings (SSSR count). The highest BCUT2D eigenvalue weighted by Gasteiger charge is 2.25. The van der Waals surface area contributed by atoms with Gasteiger partial charge in [-0.3, -0.25) is 4.18 Å². The summed E-state index contributed by atoms with van der Waals surface area (Å²) in [5.74, 6) is 1.77. The summed E-state index contributed by atoms with van der Waals surface area (Å²) in [7, 11) is -3.49. The second kappa shape index (κ2) is 7.70. The van der Waals surface area contributed by atoms with E-state index in [9.17, 15) is 8.42 Å². The van der Waals surface area contributed by atoms with Gasteiger partial charge in [0.05, 0.1) is 23.8 Å². The molecule has 2 saturated heterocycles. The Kier molecular flexibility index (Phi) is 5.02. The molecule has 2 aromatic heterocycles. The molecule has 0 bridgehead atoms. The van der Waals surface area contributed by atoms with Crippen LogP contribution in [0.25, 0.3) is 21.9 Å². The predicted octanol–water partition coefficient (Wildman–Crippen LogP) is 2.76. The van der Waals surface area contributed by atoms with Crippen molar-refractivity contribution in [3.05, 3.63) is 24.3 Å². The number of hydrogen-bond acceptors (Lipinski definition) is 7. The first kappa shape index (κ1) is 19.6. The van der Waals surface area contributed by atoms with Gasteiger partial charge < -0.3 is 14.4 Å². The Labute approximate surface area is 176 Å². The minimum atomic E-state index is -3.49. The molecule has 0 amide bonds. The number of aromatic nitrogens is 3. The molecule has 2 fully saturated rings. The number of hydrogen-bond donors (Lipinski definition) is 0. The van der Waals surface area contributed by atoms with Gasteiger partial charge in [0.25, 0.3) is 10.1 Å². The Bertz CT molecular complexity index is 1180. The molecule has 1 aromatic carbocycles. The molecule has 160 valence electrons. The van der Waals surface area contributed by atoms with Crippen molar-refractivity contribution in [3.8, 4) is 0 Å². The third-order valence-corrected chi connectivity index (χ3v) is 6.58. The second-order valence-electron chi connectivity index (χ2n) is 8.13. The molecular formula is C21H27N5O3S. The van der Waals surface area contributed by atoms with Crippen LogP contribution in [0.3, 0.4) is 0 Å². The number of rotatable bonds is 6. The quantitative estimate of drug-likeness (QED) is 0.557. The van der Waals surface area contributed by atoms with Crippen molar-refractivity contribution >= 4 is 43.8 Å². The van der Waals surface area contributed by atoms with E-state index in [0.29, 0.717) is 6.54 Å². The lowest BCUT2D eigenvalue weighted by Crippen LogP contribution is -2.24. The standard InChI is InChI=1S/C21H27N5O3S/c1-30(27,28)29-15-14-26-17-9-3-2-8-16(17)18-19(24-10-4-5-11-24)22-21(23-20(18)26)25-12-6-7-13-25/h2-3,8-9H,4-7,10-15H2,1H3. The molecule has 0 unspecified atom stereocenters. The zero-order valence-electron chi connectivity index (χ0n) is 17.2. The van der Waals surface area contributed by atoms with Gasteiger partial charge in [-0.05, 0) is 31.7 Å². The highest BCUT2D eigenvalue weighted by Crippen LogP contribution is 2.37. The van der Waals surface area contributed by atoms with Crippen molar-refractivity contribution in [3.63, 3.8) is 0 Å². The van der Waals surface area contributed by atoms with Crippen LogP contribution in [0.2, 0.25) is 0 Å². The van der Waals surface area contributed by atoms with Gasteiger partial charge in [0.15, 0.2) is 0 Å². The van der Waals surface area contributed by atoms with Gasteiger partial charge in [0.1, 0.15) is 11.5 Å². The van der Waals surface area contributed by atoms with Crippen LogP contribution in [-0.2, 0) is 20.8 Å². The SMILES string of the molecule is CS(=O)(=O)OCCn1c2ccccc2c2c(N3CCCC3)nc(N3CCCC3)nc21. The van der Waals surface area contributed by atoms with Gasteiger partial charge in [-0.1, -0.05) is 18.2 Å². The third kappa shape index (κ3) is 3.60. The van der Waals surface area contributed by atoms with Crippen LogP contribution in [0.5, 0.6) is 0 Å². The summed E-state index contributed by atoms with van der Waals surface area (Å²) in [4.78, 5) is 14.7. The smallest absolute Gasteiger partial charge is 0.264 e. The molecule has 8 nitrogen and oxygen atoms in total. The molecule has 0 atom stereocenters. The minimum absolute atomic E-state index is 0.0781.